The molecule has 0 aliphatic heterocycles. The monoisotopic (exact) mass is 378 g/mol. The number of hydrogen-bond donors (Lipinski definition) is 1. The zero-order valence-corrected chi connectivity index (χ0v) is 17.0. The van der Waals surface area contributed by atoms with Crippen molar-refractivity contribution < 1.29 is 9.53 Å². The SMILES string of the molecule is CCOc1ccc2c(c1)c(=O)c(C(=O)Nc1c(C)cccc1C(C)C)cn2C. The van der Waals surface area contributed by atoms with E-state index in [0.717, 1.165) is 22.3 Å². The lowest BCUT2D eigenvalue weighted by Crippen LogP contribution is -2.24. The first-order chi connectivity index (χ1) is 13.3. The standard InChI is InChI=1S/C23H26N2O3/c1-6-28-16-10-11-20-18(12-16)22(26)19(13-25(20)5)23(27)24-21-15(4)8-7-9-17(21)14(2)3/h7-14H,6H2,1-5H3,(H,24,27). The number of carbonyl (C=O) groups excluding carboxylic acids is 1. The molecule has 1 amide bonds. The summed E-state index contributed by atoms with van der Waals surface area (Å²) >= 11 is 0. The maximum Gasteiger partial charge on any atom is 0.261 e. The van der Waals surface area contributed by atoms with Crippen molar-refractivity contribution in [3.63, 3.8) is 0 Å². The highest BCUT2D eigenvalue weighted by Crippen LogP contribution is 2.28. The van der Waals surface area contributed by atoms with Gasteiger partial charge in [-0.25, -0.2) is 0 Å². The van der Waals surface area contributed by atoms with Crippen molar-refractivity contribution in [1.82, 2.24) is 4.57 Å². The average molecular weight is 378 g/mol. The fourth-order valence-electron chi connectivity index (χ4n) is 3.41. The highest BCUT2D eigenvalue weighted by Gasteiger charge is 2.18. The number of carbonyl (C=O) groups is 1. The second kappa shape index (κ2) is 7.89. The van der Waals surface area contributed by atoms with Crippen LogP contribution in [-0.4, -0.2) is 17.1 Å². The van der Waals surface area contributed by atoms with Crippen molar-refractivity contribution in [1.29, 1.82) is 0 Å². The van der Waals surface area contributed by atoms with Crippen LogP contribution in [0.3, 0.4) is 0 Å². The Morgan fingerprint density at radius 3 is 2.64 bits per heavy atom. The van der Waals surface area contributed by atoms with Gasteiger partial charge in [0.2, 0.25) is 5.43 Å². The van der Waals surface area contributed by atoms with Crippen LogP contribution in [0.25, 0.3) is 10.9 Å². The molecule has 1 N–H and O–H groups in total. The van der Waals surface area contributed by atoms with Crippen LogP contribution in [0, 0.1) is 6.92 Å². The lowest BCUT2D eigenvalue weighted by atomic mass is 9.98. The van der Waals surface area contributed by atoms with Crippen molar-refractivity contribution in [2.75, 3.05) is 11.9 Å². The summed E-state index contributed by atoms with van der Waals surface area (Å²) in [6, 6.07) is 11.3. The molecule has 0 radical (unpaired) electrons. The van der Waals surface area contributed by atoms with E-state index in [4.69, 9.17) is 4.74 Å². The van der Waals surface area contributed by atoms with Crippen molar-refractivity contribution in [2.24, 2.45) is 7.05 Å². The number of aryl methyl sites for hydroxylation is 2. The topological polar surface area (TPSA) is 60.3 Å². The highest BCUT2D eigenvalue weighted by atomic mass is 16.5. The number of para-hydroxylation sites is 1. The molecule has 0 fully saturated rings. The van der Waals surface area contributed by atoms with Crippen molar-refractivity contribution in [2.45, 2.75) is 33.6 Å². The summed E-state index contributed by atoms with van der Waals surface area (Å²) in [6.07, 6.45) is 1.59. The zero-order valence-electron chi connectivity index (χ0n) is 17.0. The van der Waals surface area contributed by atoms with Crippen LogP contribution in [-0.2, 0) is 7.05 Å². The van der Waals surface area contributed by atoms with Crippen molar-refractivity contribution >= 4 is 22.5 Å². The van der Waals surface area contributed by atoms with Crippen LogP contribution in [0.5, 0.6) is 5.75 Å². The minimum Gasteiger partial charge on any atom is -0.494 e. The third-order valence-electron chi connectivity index (χ3n) is 4.88. The Morgan fingerprint density at radius 1 is 1.21 bits per heavy atom. The number of hydrogen-bond acceptors (Lipinski definition) is 3. The molecule has 0 aliphatic carbocycles. The fraction of sp³-hybridized carbons (Fsp3) is 0.304. The first kappa shape index (κ1) is 19.7. The summed E-state index contributed by atoms with van der Waals surface area (Å²) in [4.78, 5) is 26.1. The number of rotatable bonds is 5. The molecule has 146 valence electrons. The van der Waals surface area contributed by atoms with E-state index in [9.17, 15) is 9.59 Å². The lowest BCUT2D eigenvalue weighted by molar-refractivity contribution is 0.102. The second-order valence-electron chi connectivity index (χ2n) is 7.24. The zero-order chi connectivity index (χ0) is 20.4. The number of nitrogens with zero attached hydrogens (tertiary/aromatic N) is 1. The molecule has 0 saturated carbocycles. The van der Waals surface area contributed by atoms with Gasteiger partial charge in [0.15, 0.2) is 0 Å². The quantitative estimate of drug-likeness (QED) is 0.705. The third kappa shape index (κ3) is 3.65. The van der Waals surface area contributed by atoms with Crippen LogP contribution >= 0.6 is 0 Å². The van der Waals surface area contributed by atoms with Gasteiger partial charge in [-0.05, 0) is 49.1 Å². The first-order valence-electron chi connectivity index (χ1n) is 9.50. The van der Waals surface area contributed by atoms with Crippen molar-refractivity contribution in [3.8, 4) is 5.75 Å². The van der Waals surface area contributed by atoms with Crippen molar-refractivity contribution in [3.05, 3.63) is 69.5 Å². The minimum absolute atomic E-state index is 0.113. The summed E-state index contributed by atoms with van der Waals surface area (Å²) in [5.74, 6) is 0.467. The van der Waals surface area contributed by atoms with Gasteiger partial charge in [-0.15, -0.1) is 0 Å². The highest BCUT2D eigenvalue weighted by molar-refractivity contribution is 6.06. The number of nitrogens with one attached hydrogen (secondary N) is 1. The Bertz CT molecular complexity index is 1100. The Morgan fingerprint density at radius 2 is 1.96 bits per heavy atom. The van der Waals surface area contributed by atoms with Gasteiger partial charge in [-0.1, -0.05) is 32.0 Å². The number of pyridine rings is 1. The van der Waals surface area contributed by atoms with Gasteiger partial charge >= 0.3 is 0 Å². The number of aromatic nitrogens is 1. The molecular weight excluding hydrogens is 352 g/mol. The molecule has 0 spiro atoms. The van der Waals surface area contributed by atoms with E-state index in [2.05, 4.69) is 19.2 Å². The normalized spacial score (nSPS) is 11.1. The summed E-state index contributed by atoms with van der Waals surface area (Å²) in [7, 11) is 1.83. The Hall–Kier alpha value is -3.08. The maximum absolute atomic E-state index is 13.0. The molecular formula is C23H26N2O3. The lowest BCUT2D eigenvalue weighted by Gasteiger charge is -2.17. The molecule has 3 rings (SSSR count). The van der Waals surface area contributed by atoms with E-state index in [-0.39, 0.29) is 16.9 Å². The van der Waals surface area contributed by atoms with Crippen LogP contribution in [0.1, 0.15) is 48.2 Å². The summed E-state index contributed by atoms with van der Waals surface area (Å²) in [5, 5.41) is 3.43. The minimum atomic E-state index is -0.402. The van der Waals surface area contributed by atoms with Gasteiger partial charge < -0.3 is 14.6 Å². The van der Waals surface area contributed by atoms with E-state index in [1.807, 2.05) is 51.2 Å². The smallest absolute Gasteiger partial charge is 0.261 e. The van der Waals surface area contributed by atoms with Crippen LogP contribution in [0.4, 0.5) is 5.69 Å². The number of ether oxygens (including phenoxy) is 1. The van der Waals surface area contributed by atoms with E-state index in [1.54, 1.807) is 16.8 Å². The Kier molecular flexibility index (Phi) is 5.54. The summed E-state index contributed by atoms with van der Waals surface area (Å²) in [5.41, 5.74) is 3.35. The van der Waals surface area contributed by atoms with Gasteiger partial charge in [0, 0.05) is 18.9 Å². The first-order valence-corrected chi connectivity index (χ1v) is 9.50. The van der Waals surface area contributed by atoms with E-state index >= 15 is 0 Å². The fourth-order valence-corrected chi connectivity index (χ4v) is 3.41. The van der Waals surface area contributed by atoms with Crippen LogP contribution < -0.4 is 15.5 Å². The van der Waals surface area contributed by atoms with Gasteiger partial charge in [0.1, 0.15) is 11.3 Å². The van der Waals surface area contributed by atoms with E-state index in [1.165, 1.54) is 0 Å². The number of amides is 1. The molecule has 0 atom stereocenters. The Labute approximate surface area is 165 Å². The Balaban J connectivity index is 2.08. The molecule has 5 heteroatoms. The molecule has 1 heterocycles. The molecule has 2 aromatic carbocycles. The molecule has 5 nitrogen and oxygen atoms in total. The molecule has 0 saturated heterocycles. The van der Waals surface area contributed by atoms with E-state index < -0.39 is 5.91 Å². The predicted octanol–water partition coefficient (Wildman–Crippen LogP) is 4.62. The molecule has 0 bridgehead atoms. The molecule has 3 aromatic rings. The number of benzene rings is 2. The summed E-state index contributed by atoms with van der Waals surface area (Å²) in [6.45, 7) is 8.51. The van der Waals surface area contributed by atoms with Gasteiger partial charge in [-0.3, -0.25) is 9.59 Å². The van der Waals surface area contributed by atoms with Gasteiger partial charge in [0.05, 0.1) is 17.5 Å². The van der Waals surface area contributed by atoms with Crippen LogP contribution in [0.15, 0.2) is 47.4 Å². The predicted molar refractivity (Wildman–Crippen MR) is 114 cm³/mol. The third-order valence-corrected chi connectivity index (χ3v) is 4.88. The molecule has 0 unspecified atom stereocenters. The van der Waals surface area contributed by atoms with E-state index in [0.29, 0.717) is 17.7 Å². The molecule has 0 aliphatic rings. The summed E-state index contributed by atoms with van der Waals surface area (Å²) < 4.78 is 7.31. The van der Waals surface area contributed by atoms with Gasteiger partial charge in [0.25, 0.3) is 5.91 Å². The average Bonchev–Trinajstić information content (AvgIpc) is 2.66. The molecule has 1 aromatic heterocycles. The maximum atomic E-state index is 13.0. The number of fused-ring (bicyclic) bond motifs is 1. The van der Waals surface area contributed by atoms with Gasteiger partial charge in [-0.2, -0.15) is 0 Å². The molecule has 28 heavy (non-hydrogen) atoms. The largest absolute Gasteiger partial charge is 0.494 e. The second-order valence-corrected chi connectivity index (χ2v) is 7.24. The van der Waals surface area contributed by atoms with Crippen LogP contribution in [0.2, 0.25) is 0 Å². The number of anilines is 1.